The van der Waals surface area contributed by atoms with Crippen molar-refractivity contribution in [1.82, 2.24) is 0 Å². The number of thiophene rings is 1. The van der Waals surface area contributed by atoms with Crippen molar-refractivity contribution in [2.75, 3.05) is 17.2 Å². The molecule has 1 aliphatic heterocycles. The average molecular weight is 230 g/mol. The summed E-state index contributed by atoms with van der Waals surface area (Å²) in [5.74, 6) is 0. The van der Waals surface area contributed by atoms with Gasteiger partial charge in [0.15, 0.2) is 0 Å². The molecule has 0 saturated heterocycles. The van der Waals surface area contributed by atoms with E-state index in [1.165, 1.54) is 22.5 Å². The molecule has 16 heavy (non-hydrogen) atoms. The van der Waals surface area contributed by atoms with Crippen molar-refractivity contribution in [3.8, 4) is 0 Å². The van der Waals surface area contributed by atoms with Crippen molar-refractivity contribution in [3.63, 3.8) is 0 Å². The molecule has 2 N–H and O–H groups in total. The fourth-order valence-electron chi connectivity index (χ4n) is 2.08. The molecule has 3 rings (SSSR count). The molecule has 0 spiro atoms. The maximum atomic E-state index is 3.57. The maximum absolute atomic E-state index is 3.57. The molecule has 82 valence electrons. The van der Waals surface area contributed by atoms with E-state index in [1.54, 1.807) is 11.3 Å². The van der Waals surface area contributed by atoms with Gasteiger partial charge in [0.2, 0.25) is 0 Å². The Hall–Kier alpha value is -1.48. The molecule has 0 saturated carbocycles. The minimum atomic E-state index is 0.377. The zero-order chi connectivity index (χ0) is 11.0. The van der Waals surface area contributed by atoms with Gasteiger partial charge in [-0.05, 0) is 12.5 Å². The summed E-state index contributed by atoms with van der Waals surface area (Å²) in [7, 11) is 0. The van der Waals surface area contributed by atoms with E-state index in [0.29, 0.717) is 6.04 Å². The Morgan fingerprint density at radius 2 is 2.12 bits per heavy atom. The third-order valence-electron chi connectivity index (χ3n) is 2.93. The third kappa shape index (κ3) is 1.67. The number of fused-ring (bicyclic) bond motifs is 1. The molecule has 0 amide bonds. The minimum Gasteiger partial charge on any atom is -0.380 e. The standard InChI is InChI=1S/C13H14N2S/c1-9-3-2-4-10(5-9)11-6-14-12-7-16-8-13(12)15-11/h2-5,7-8,11,14-15H,6H2,1H3. The van der Waals surface area contributed by atoms with Crippen LogP contribution in [0.3, 0.4) is 0 Å². The molecule has 0 radical (unpaired) electrons. The Balaban J connectivity index is 1.88. The van der Waals surface area contributed by atoms with Gasteiger partial charge in [0.25, 0.3) is 0 Å². The van der Waals surface area contributed by atoms with Gasteiger partial charge in [0.1, 0.15) is 0 Å². The summed E-state index contributed by atoms with van der Waals surface area (Å²) < 4.78 is 0. The first kappa shape index (κ1) is 9.73. The van der Waals surface area contributed by atoms with Crippen LogP contribution in [0.1, 0.15) is 17.2 Å². The third-order valence-corrected chi connectivity index (χ3v) is 3.68. The molecule has 0 aliphatic carbocycles. The molecule has 1 atom stereocenters. The van der Waals surface area contributed by atoms with Crippen molar-refractivity contribution < 1.29 is 0 Å². The number of benzene rings is 1. The van der Waals surface area contributed by atoms with Gasteiger partial charge in [-0.15, -0.1) is 11.3 Å². The van der Waals surface area contributed by atoms with Crippen LogP contribution < -0.4 is 10.6 Å². The van der Waals surface area contributed by atoms with Crippen LogP contribution in [0, 0.1) is 6.92 Å². The molecular formula is C13H14N2S. The summed E-state index contributed by atoms with van der Waals surface area (Å²) in [4.78, 5) is 0. The van der Waals surface area contributed by atoms with E-state index in [9.17, 15) is 0 Å². The van der Waals surface area contributed by atoms with Gasteiger partial charge in [-0.3, -0.25) is 0 Å². The molecular weight excluding hydrogens is 216 g/mol. The Morgan fingerprint density at radius 3 is 3.00 bits per heavy atom. The van der Waals surface area contributed by atoms with Crippen molar-refractivity contribution in [2.24, 2.45) is 0 Å². The van der Waals surface area contributed by atoms with Crippen LogP contribution in [0.2, 0.25) is 0 Å². The van der Waals surface area contributed by atoms with E-state index < -0.39 is 0 Å². The predicted octanol–water partition coefficient (Wildman–Crippen LogP) is 3.64. The Bertz CT molecular complexity index is 504. The van der Waals surface area contributed by atoms with Crippen LogP contribution in [-0.2, 0) is 0 Å². The second kappa shape index (κ2) is 3.83. The van der Waals surface area contributed by atoms with Crippen LogP contribution in [-0.4, -0.2) is 6.54 Å². The molecule has 1 unspecified atom stereocenters. The summed E-state index contributed by atoms with van der Waals surface area (Å²) in [6.07, 6.45) is 0. The first-order valence-corrected chi connectivity index (χ1v) is 6.40. The highest BCUT2D eigenvalue weighted by atomic mass is 32.1. The molecule has 1 aromatic carbocycles. The van der Waals surface area contributed by atoms with E-state index in [-0.39, 0.29) is 0 Å². The lowest BCUT2D eigenvalue weighted by Crippen LogP contribution is -2.24. The largest absolute Gasteiger partial charge is 0.380 e. The molecule has 3 heteroatoms. The van der Waals surface area contributed by atoms with Gasteiger partial charge in [-0.1, -0.05) is 29.8 Å². The normalized spacial score (nSPS) is 18.4. The fourth-order valence-corrected chi connectivity index (χ4v) is 2.83. The molecule has 2 aromatic rings. The highest BCUT2D eigenvalue weighted by molar-refractivity contribution is 7.09. The molecule has 2 heterocycles. The van der Waals surface area contributed by atoms with Crippen LogP contribution in [0.5, 0.6) is 0 Å². The van der Waals surface area contributed by atoms with Crippen LogP contribution >= 0.6 is 11.3 Å². The fraction of sp³-hybridized carbons (Fsp3) is 0.231. The molecule has 2 nitrogen and oxygen atoms in total. The van der Waals surface area contributed by atoms with Gasteiger partial charge in [-0.25, -0.2) is 0 Å². The van der Waals surface area contributed by atoms with E-state index in [1.807, 2.05) is 0 Å². The van der Waals surface area contributed by atoms with Gasteiger partial charge in [0.05, 0.1) is 17.4 Å². The second-order valence-electron chi connectivity index (χ2n) is 4.19. The lowest BCUT2D eigenvalue weighted by Gasteiger charge is -2.26. The summed E-state index contributed by atoms with van der Waals surface area (Å²) in [6.45, 7) is 3.09. The van der Waals surface area contributed by atoms with E-state index in [4.69, 9.17) is 0 Å². The zero-order valence-electron chi connectivity index (χ0n) is 9.16. The Labute approximate surface area is 99.3 Å². The summed E-state index contributed by atoms with van der Waals surface area (Å²) in [6, 6.07) is 9.06. The molecule has 1 aliphatic rings. The maximum Gasteiger partial charge on any atom is 0.0690 e. The highest BCUT2D eigenvalue weighted by Crippen LogP contribution is 2.34. The first-order valence-electron chi connectivity index (χ1n) is 5.46. The van der Waals surface area contributed by atoms with E-state index in [2.05, 4.69) is 52.6 Å². The topological polar surface area (TPSA) is 24.1 Å². The Morgan fingerprint density at radius 1 is 1.25 bits per heavy atom. The number of aryl methyl sites for hydroxylation is 1. The number of hydrogen-bond donors (Lipinski definition) is 2. The van der Waals surface area contributed by atoms with Crippen molar-refractivity contribution in [2.45, 2.75) is 13.0 Å². The molecule has 0 bridgehead atoms. The van der Waals surface area contributed by atoms with Crippen molar-refractivity contribution in [1.29, 1.82) is 0 Å². The number of rotatable bonds is 1. The van der Waals surface area contributed by atoms with Crippen LogP contribution in [0.4, 0.5) is 11.4 Å². The summed E-state index contributed by atoms with van der Waals surface area (Å²) >= 11 is 1.73. The van der Waals surface area contributed by atoms with Gasteiger partial charge in [-0.2, -0.15) is 0 Å². The van der Waals surface area contributed by atoms with Gasteiger partial charge >= 0.3 is 0 Å². The van der Waals surface area contributed by atoms with Gasteiger partial charge < -0.3 is 10.6 Å². The second-order valence-corrected chi connectivity index (χ2v) is 4.93. The lowest BCUT2D eigenvalue weighted by molar-refractivity contribution is 0.805. The summed E-state index contributed by atoms with van der Waals surface area (Å²) in [5, 5.41) is 11.3. The number of anilines is 2. The smallest absolute Gasteiger partial charge is 0.0690 e. The first-order chi connectivity index (χ1) is 7.83. The van der Waals surface area contributed by atoms with E-state index in [0.717, 1.165) is 6.54 Å². The highest BCUT2D eigenvalue weighted by Gasteiger charge is 2.18. The minimum absolute atomic E-state index is 0.377. The van der Waals surface area contributed by atoms with E-state index >= 15 is 0 Å². The van der Waals surface area contributed by atoms with Gasteiger partial charge in [0, 0.05) is 17.3 Å². The zero-order valence-corrected chi connectivity index (χ0v) is 9.97. The lowest BCUT2D eigenvalue weighted by atomic mass is 10.0. The SMILES string of the molecule is Cc1cccc(C2CNc3cscc3N2)c1. The number of hydrogen-bond acceptors (Lipinski definition) is 3. The molecule has 0 fully saturated rings. The average Bonchev–Trinajstić information content (AvgIpc) is 2.75. The molecule has 1 aromatic heterocycles. The quantitative estimate of drug-likeness (QED) is 0.781. The predicted molar refractivity (Wildman–Crippen MR) is 70.4 cm³/mol. The Kier molecular flexibility index (Phi) is 2.33. The number of nitrogens with one attached hydrogen (secondary N) is 2. The monoisotopic (exact) mass is 230 g/mol. The van der Waals surface area contributed by atoms with Crippen molar-refractivity contribution >= 4 is 22.7 Å². The summed E-state index contributed by atoms with van der Waals surface area (Å²) in [5.41, 5.74) is 5.12. The van der Waals surface area contributed by atoms with Crippen LogP contribution in [0.15, 0.2) is 35.0 Å². The van der Waals surface area contributed by atoms with Crippen molar-refractivity contribution in [3.05, 3.63) is 46.2 Å². The van der Waals surface area contributed by atoms with Crippen LogP contribution in [0.25, 0.3) is 0 Å².